The number of carbonyl (C=O) groups is 1. The molecule has 30 heavy (non-hydrogen) atoms. The van der Waals surface area contributed by atoms with E-state index in [-0.39, 0.29) is 17.6 Å². The maximum absolute atomic E-state index is 13.1. The van der Waals surface area contributed by atoms with Crippen LogP contribution < -0.4 is 0 Å². The van der Waals surface area contributed by atoms with E-state index in [4.69, 9.17) is 14.6 Å². The average molecular weight is 414 g/mol. The molecule has 0 radical (unpaired) electrons. The molecule has 3 aliphatic rings. The van der Waals surface area contributed by atoms with E-state index in [1.165, 1.54) is 0 Å². The molecule has 0 bridgehead atoms. The molecule has 1 amide bonds. The molecule has 164 valence electrons. The van der Waals surface area contributed by atoms with Gasteiger partial charge in [-0.25, -0.2) is 4.79 Å². The van der Waals surface area contributed by atoms with Crippen molar-refractivity contribution >= 4 is 12.0 Å². The molecule has 4 rings (SSSR count). The van der Waals surface area contributed by atoms with E-state index in [2.05, 4.69) is 25.7 Å². The summed E-state index contributed by atoms with van der Waals surface area (Å²) in [5.41, 5.74) is 0.514. The predicted molar refractivity (Wildman–Crippen MR) is 117 cm³/mol. The number of benzene rings is 1. The highest BCUT2D eigenvalue weighted by Crippen LogP contribution is 2.49. The lowest BCUT2D eigenvalue weighted by Crippen LogP contribution is -2.68. The average Bonchev–Trinajstić information content (AvgIpc) is 3.28. The Morgan fingerprint density at radius 1 is 1.23 bits per heavy atom. The fourth-order valence-electron chi connectivity index (χ4n) is 5.26. The lowest BCUT2D eigenvalue weighted by Gasteiger charge is -2.56. The summed E-state index contributed by atoms with van der Waals surface area (Å²) in [6.45, 7) is 11.0. The van der Waals surface area contributed by atoms with Crippen LogP contribution in [0.2, 0.25) is 0 Å². The Morgan fingerprint density at radius 3 is 2.57 bits per heavy atom. The van der Waals surface area contributed by atoms with Crippen LogP contribution in [0.25, 0.3) is 0 Å². The topological polar surface area (TPSA) is 54.4 Å². The maximum atomic E-state index is 13.1. The fourth-order valence-corrected chi connectivity index (χ4v) is 5.26. The van der Waals surface area contributed by atoms with E-state index in [0.717, 1.165) is 50.8 Å². The Bertz CT molecular complexity index is 783. The quantitative estimate of drug-likeness (QED) is 0.711. The molecule has 6 nitrogen and oxygen atoms in total. The third kappa shape index (κ3) is 3.82. The van der Waals surface area contributed by atoms with Gasteiger partial charge in [-0.1, -0.05) is 39.0 Å². The monoisotopic (exact) mass is 413 g/mol. The summed E-state index contributed by atoms with van der Waals surface area (Å²) in [7, 11) is 0. The van der Waals surface area contributed by atoms with Gasteiger partial charge in [-0.2, -0.15) is 5.01 Å². The number of amides is 1. The third-order valence-electron chi connectivity index (χ3n) is 6.99. The van der Waals surface area contributed by atoms with Gasteiger partial charge in [0.05, 0.1) is 6.61 Å². The van der Waals surface area contributed by atoms with Crippen molar-refractivity contribution in [3.8, 4) is 0 Å². The van der Waals surface area contributed by atoms with Crippen LogP contribution in [0, 0.1) is 11.3 Å². The summed E-state index contributed by atoms with van der Waals surface area (Å²) in [5, 5.41) is 6.32. The van der Waals surface area contributed by atoms with Crippen LogP contribution in [0.5, 0.6) is 0 Å². The molecule has 2 fully saturated rings. The molecule has 1 aromatic carbocycles. The Hall–Kier alpha value is -2.08. The van der Waals surface area contributed by atoms with E-state index in [1.807, 2.05) is 37.3 Å². The number of hydrogen-bond acceptors (Lipinski definition) is 5. The van der Waals surface area contributed by atoms with Crippen LogP contribution in [0.1, 0.15) is 65.4 Å². The SMILES string of the molecule is CCOC(=O)N1N=C(c2ccccc2)O[C@@]2(N3CCCC3)CC[C@H](C(C)(C)C)C[C@@H]12. The smallest absolute Gasteiger partial charge is 0.430 e. The largest absolute Gasteiger partial charge is 0.452 e. The molecular formula is C24H35N3O3. The van der Waals surface area contributed by atoms with Gasteiger partial charge in [-0.3, -0.25) is 4.90 Å². The van der Waals surface area contributed by atoms with Gasteiger partial charge in [0.2, 0.25) is 5.90 Å². The zero-order valence-corrected chi connectivity index (χ0v) is 18.8. The van der Waals surface area contributed by atoms with Crippen LogP contribution in [0.15, 0.2) is 35.4 Å². The van der Waals surface area contributed by atoms with Gasteiger partial charge in [-0.15, -0.1) is 5.10 Å². The molecule has 1 aromatic rings. The summed E-state index contributed by atoms with van der Waals surface area (Å²) in [4.78, 5) is 15.5. The first kappa shape index (κ1) is 21.2. The minimum atomic E-state index is -0.544. The number of nitrogens with zero attached hydrogens (tertiary/aromatic N) is 3. The highest BCUT2D eigenvalue weighted by atomic mass is 16.6. The Kier molecular flexibility index (Phi) is 5.80. The molecule has 6 heteroatoms. The Morgan fingerprint density at radius 2 is 1.93 bits per heavy atom. The van der Waals surface area contributed by atoms with Crippen LogP contribution in [-0.4, -0.2) is 53.4 Å². The zero-order valence-electron chi connectivity index (χ0n) is 18.8. The number of hydrazone groups is 1. The summed E-state index contributed by atoms with van der Waals surface area (Å²) < 4.78 is 12.2. The predicted octanol–water partition coefficient (Wildman–Crippen LogP) is 4.84. The standard InChI is InChI=1S/C24H35N3O3/c1-5-29-22(28)27-20-17-19(23(2,3)4)13-14-24(20,26-15-9-10-16-26)30-21(25-27)18-11-7-6-8-12-18/h6-8,11-12,19-20H,5,9-10,13-17H2,1-4H3/t19-,20+,24-/m0/s1. The molecule has 0 N–H and O–H groups in total. The summed E-state index contributed by atoms with van der Waals surface area (Å²) in [6.07, 6.45) is 4.79. The number of hydrogen-bond donors (Lipinski definition) is 0. The molecule has 3 atom stereocenters. The van der Waals surface area contributed by atoms with Gasteiger partial charge in [0.25, 0.3) is 0 Å². The van der Waals surface area contributed by atoms with E-state index in [1.54, 1.807) is 5.01 Å². The van der Waals surface area contributed by atoms with Crippen molar-refractivity contribution in [3.63, 3.8) is 0 Å². The molecule has 2 aliphatic heterocycles. The summed E-state index contributed by atoms with van der Waals surface area (Å²) >= 11 is 0. The van der Waals surface area contributed by atoms with Crippen molar-refractivity contribution in [1.82, 2.24) is 9.91 Å². The molecule has 0 unspecified atom stereocenters. The highest BCUT2D eigenvalue weighted by molar-refractivity contribution is 5.95. The second-order valence-corrected chi connectivity index (χ2v) is 9.81. The lowest BCUT2D eigenvalue weighted by atomic mass is 9.67. The van der Waals surface area contributed by atoms with Gasteiger partial charge in [0.1, 0.15) is 6.04 Å². The Balaban J connectivity index is 1.79. The van der Waals surface area contributed by atoms with E-state index in [0.29, 0.717) is 18.4 Å². The molecule has 0 spiro atoms. The maximum Gasteiger partial charge on any atom is 0.430 e. The molecule has 0 aromatic heterocycles. The van der Waals surface area contributed by atoms with E-state index < -0.39 is 5.72 Å². The van der Waals surface area contributed by atoms with Crippen molar-refractivity contribution in [3.05, 3.63) is 35.9 Å². The van der Waals surface area contributed by atoms with E-state index >= 15 is 0 Å². The van der Waals surface area contributed by atoms with Crippen molar-refractivity contribution in [2.24, 2.45) is 16.4 Å². The zero-order chi connectivity index (χ0) is 21.4. The fraction of sp³-hybridized carbons (Fsp3) is 0.667. The molecular weight excluding hydrogens is 378 g/mol. The van der Waals surface area contributed by atoms with Crippen LogP contribution in [-0.2, 0) is 9.47 Å². The number of fused-ring (bicyclic) bond motifs is 1. The van der Waals surface area contributed by atoms with Crippen molar-refractivity contribution < 1.29 is 14.3 Å². The first-order valence-electron chi connectivity index (χ1n) is 11.4. The molecule has 1 saturated heterocycles. The van der Waals surface area contributed by atoms with Gasteiger partial charge >= 0.3 is 6.09 Å². The first-order valence-corrected chi connectivity index (χ1v) is 11.4. The van der Waals surface area contributed by atoms with Gasteiger partial charge < -0.3 is 9.47 Å². The van der Waals surface area contributed by atoms with Crippen LogP contribution in [0.3, 0.4) is 0 Å². The minimum Gasteiger partial charge on any atom is -0.452 e. The second-order valence-electron chi connectivity index (χ2n) is 9.81. The summed E-state index contributed by atoms with van der Waals surface area (Å²) in [5.74, 6) is 1.01. The normalized spacial score (nSPS) is 29.7. The third-order valence-corrected chi connectivity index (χ3v) is 6.99. The van der Waals surface area contributed by atoms with Crippen molar-refractivity contribution in [2.75, 3.05) is 19.7 Å². The molecule has 2 heterocycles. The molecule has 1 saturated carbocycles. The minimum absolute atomic E-state index is 0.153. The Labute approximate surface area is 180 Å². The molecule has 1 aliphatic carbocycles. The second kappa shape index (κ2) is 8.22. The van der Waals surface area contributed by atoms with E-state index in [9.17, 15) is 4.79 Å². The van der Waals surface area contributed by atoms with Crippen LogP contribution >= 0.6 is 0 Å². The summed E-state index contributed by atoms with van der Waals surface area (Å²) in [6, 6.07) is 9.74. The first-order chi connectivity index (χ1) is 14.3. The lowest BCUT2D eigenvalue weighted by molar-refractivity contribution is -0.182. The van der Waals surface area contributed by atoms with Crippen molar-refractivity contribution in [1.29, 1.82) is 0 Å². The highest BCUT2D eigenvalue weighted by Gasteiger charge is 2.58. The van der Waals surface area contributed by atoms with Gasteiger partial charge in [-0.05, 0) is 56.1 Å². The van der Waals surface area contributed by atoms with Gasteiger partial charge in [0, 0.05) is 25.1 Å². The number of likely N-dealkylation sites (tertiary alicyclic amines) is 1. The number of rotatable bonds is 3. The van der Waals surface area contributed by atoms with Gasteiger partial charge in [0.15, 0.2) is 5.72 Å². The van der Waals surface area contributed by atoms with Crippen molar-refractivity contribution in [2.45, 2.75) is 71.6 Å². The number of ether oxygens (including phenoxy) is 2. The van der Waals surface area contributed by atoms with Crippen LogP contribution in [0.4, 0.5) is 4.79 Å². The number of carbonyl (C=O) groups excluding carboxylic acids is 1.